The van der Waals surface area contributed by atoms with Crippen molar-refractivity contribution in [1.82, 2.24) is 5.32 Å². The molecule has 96 valence electrons. The van der Waals surface area contributed by atoms with Crippen LogP contribution in [0.2, 0.25) is 0 Å². The third-order valence-electron chi connectivity index (χ3n) is 3.92. The Balaban J connectivity index is 1.77. The molecule has 18 heavy (non-hydrogen) atoms. The zero-order chi connectivity index (χ0) is 12.5. The lowest BCUT2D eigenvalue weighted by molar-refractivity contribution is -0.122. The maximum Gasteiger partial charge on any atom is 0.242 e. The molecule has 1 N–H and O–H groups in total. The van der Waals surface area contributed by atoms with Crippen LogP contribution in [0.15, 0.2) is 24.3 Å². The Kier molecular flexibility index (Phi) is 2.98. The lowest BCUT2D eigenvalue weighted by Crippen LogP contribution is -2.47. The van der Waals surface area contributed by atoms with Crippen LogP contribution >= 0.6 is 0 Å². The normalized spacial score (nSPS) is 20.2. The van der Waals surface area contributed by atoms with Gasteiger partial charge < -0.3 is 10.2 Å². The van der Waals surface area contributed by atoms with Gasteiger partial charge >= 0.3 is 0 Å². The van der Waals surface area contributed by atoms with Crippen molar-refractivity contribution in [2.75, 3.05) is 11.4 Å². The smallest absolute Gasteiger partial charge is 0.242 e. The van der Waals surface area contributed by atoms with E-state index in [0.717, 1.165) is 32.2 Å². The minimum Gasteiger partial charge on any atom is -0.360 e. The summed E-state index contributed by atoms with van der Waals surface area (Å²) in [6.07, 6.45) is 4.56. The van der Waals surface area contributed by atoms with Gasteiger partial charge in [-0.15, -0.1) is 0 Å². The molecule has 1 atom stereocenters. The number of carbonyl (C=O) groups is 1. The van der Waals surface area contributed by atoms with Crippen LogP contribution in [0.25, 0.3) is 0 Å². The van der Waals surface area contributed by atoms with Crippen LogP contribution in [-0.4, -0.2) is 24.5 Å². The van der Waals surface area contributed by atoms with Crippen LogP contribution in [0.1, 0.15) is 31.7 Å². The fraction of sp³-hybridized carbons (Fsp3) is 0.533. The molecule has 0 saturated heterocycles. The van der Waals surface area contributed by atoms with E-state index in [1.54, 1.807) is 0 Å². The Morgan fingerprint density at radius 2 is 2.17 bits per heavy atom. The van der Waals surface area contributed by atoms with Gasteiger partial charge in [0.2, 0.25) is 5.91 Å². The molecule has 1 amide bonds. The van der Waals surface area contributed by atoms with Crippen LogP contribution in [0.3, 0.4) is 0 Å². The Labute approximate surface area is 108 Å². The van der Waals surface area contributed by atoms with Gasteiger partial charge in [-0.25, -0.2) is 0 Å². The number of amides is 1. The third kappa shape index (κ3) is 2.22. The zero-order valence-electron chi connectivity index (χ0n) is 10.9. The van der Waals surface area contributed by atoms with Crippen molar-refractivity contribution in [3.8, 4) is 0 Å². The molecule has 1 fully saturated rings. The Hall–Kier alpha value is -1.51. The van der Waals surface area contributed by atoms with Gasteiger partial charge in [0.1, 0.15) is 6.04 Å². The number of hydrogen-bond donors (Lipinski definition) is 1. The maximum absolute atomic E-state index is 12.1. The van der Waals surface area contributed by atoms with E-state index in [0.29, 0.717) is 6.04 Å². The number of anilines is 1. The fourth-order valence-corrected chi connectivity index (χ4v) is 2.66. The molecule has 2 aliphatic rings. The first kappa shape index (κ1) is 11.6. The highest BCUT2D eigenvalue weighted by Gasteiger charge is 2.30. The van der Waals surface area contributed by atoms with Crippen molar-refractivity contribution in [3.63, 3.8) is 0 Å². The number of hydrogen-bond acceptors (Lipinski definition) is 2. The van der Waals surface area contributed by atoms with Crippen molar-refractivity contribution in [3.05, 3.63) is 29.8 Å². The molecule has 0 spiro atoms. The summed E-state index contributed by atoms with van der Waals surface area (Å²) in [5.74, 6) is 0.175. The largest absolute Gasteiger partial charge is 0.360 e. The third-order valence-corrected chi connectivity index (χ3v) is 3.92. The van der Waals surface area contributed by atoms with E-state index >= 15 is 0 Å². The minimum atomic E-state index is -0.0629. The number of nitrogens with one attached hydrogen (secondary N) is 1. The van der Waals surface area contributed by atoms with Crippen molar-refractivity contribution in [2.45, 2.75) is 44.7 Å². The summed E-state index contributed by atoms with van der Waals surface area (Å²) < 4.78 is 0. The second-order valence-electron chi connectivity index (χ2n) is 5.38. The summed E-state index contributed by atoms with van der Waals surface area (Å²) in [6, 6.07) is 8.83. The summed E-state index contributed by atoms with van der Waals surface area (Å²) in [5.41, 5.74) is 2.61. The molecule has 0 bridgehead atoms. The molecule has 1 aliphatic carbocycles. The highest BCUT2D eigenvalue weighted by molar-refractivity contribution is 5.85. The molecule has 3 heteroatoms. The topological polar surface area (TPSA) is 32.3 Å². The lowest BCUT2D eigenvalue weighted by Gasteiger charge is -2.35. The standard InChI is InChI=1S/C15H20N2O/c1-11(15(18)16-13-8-9-13)17-10-4-6-12-5-2-3-7-14(12)17/h2-3,5,7,11,13H,4,6,8-10H2,1H3,(H,16,18)/t11-/m0/s1. The predicted molar refractivity (Wildman–Crippen MR) is 72.7 cm³/mol. The van der Waals surface area contributed by atoms with Gasteiger partial charge in [-0.2, -0.15) is 0 Å². The first-order valence-electron chi connectivity index (χ1n) is 6.90. The highest BCUT2D eigenvalue weighted by atomic mass is 16.2. The summed E-state index contributed by atoms with van der Waals surface area (Å²) in [5, 5.41) is 3.10. The van der Waals surface area contributed by atoms with Crippen molar-refractivity contribution < 1.29 is 4.79 Å². The Morgan fingerprint density at radius 3 is 2.94 bits per heavy atom. The van der Waals surface area contributed by atoms with Gasteiger partial charge in [0.05, 0.1) is 0 Å². The van der Waals surface area contributed by atoms with Gasteiger partial charge in [-0.1, -0.05) is 18.2 Å². The van der Waals surface area contributed by atoms with E-state index in [1.165, 1.54) is 11.3 Å². The number of benzene rings is 1. The van der Waals surface area contributed by atoms with Crippen molar-refractivity contribution >= 4 is 11.6 Å². The summed E-state index contributed by atoms with van der Waals surface area (Å²) in [6.45, 7) is 3.00. The molecule has 1 aliphatic heterocycles. The Bertz CT molecular complexity index is 454. The molecule has 3 nitrogen and oxygen atoms in total. The van der Waals surface area contributed by atoms with E-state index in [-0.39, 0.29) is 11.9 Å². The molecule has 1 saturated carbocycles. The molecule has 3 rings (SSSR count). The number of para-hydroxylation sites is 1. The molecular weight excluding hydrogens is 224 g/mol. The maximum atomic E-state index is 12.1. The number of carbonyl (C=O) groups excluding carboxylic acids is 1. The minimum absolute atomic E-state index is 0.0629. The summed E-state index contributed by atoms with van der Waals surface area (Å²) >= 11 is 0. The van der Waals surface area contributed by atoms with E-state index in [9.17, 15) is 4.79 Å². The number of fused-ring (bicyclic) bond motifs is 1. The summed E-state index contributed by atoms with van der Waals surface area (Å²) in [4.78, 5) is 14.4. The van der Waals surface area contributed by atoms with E-state index in [1.807, 2.05) is 6.92 Å². The van der Waals surface area contributed by atoms with Gasteiger partial charge in [0.15, 0.2) is 0 Å². The molecule has 1 aromatic carbocycles. The van der Waals surface area contributed by atoms with Crippen molar-refractivity contribution in [2.24, 2.45) is 0 Å². The predicted octanol–water partition coefficient (Wildman–Crippen LogP) is 2.11. The highest BCUT2D eigenvalue weighted by Crippen LogP contribution is 2.28. The van der Waals surface area contributed by atoms with E-state index in [2.05, 4.69) is 34.5 Å². The molecule has 0 unspecified atom stereocenters. The first-order valence-corrected chi connectivity index (χ1v) is 6.90. The zero-order valence-corrected chi connectivity index (χ0v) is 10.9. The monoisotopic (exact) mass is 244 g/mol. The number of rotatable bonds is 3. The second kappa shape index (κ2) is 4.63. The Morgan fingerprint density at radius 1 is 1.39 bits per heavy atom. The van der Waals surface area contributed by atoms with Crippen LogP contribution in [0.4, 0.5) is 5.69 Å². The van der Waals surface area contributed by atoms with Crippen LogP contribution < -0.4 is 10.2 Å². The quantitative estimate of drug-likeness (QED) is 0.883. The average Bonchev–Trinajstić information content (AvgIpc) is 3.21. The van der Waals surface area contributed by atoms with Gasteiger partial charge in [0, 0.05) is 18.3 Å². The van der Waals surface area contributed by atoms with Gasteiger partial charge in [-0.05, 0) is 44.2 Å². The van der Waals surface area contributed by atoms with Crippen molar-refractivity contribution in [1.29, 1.82) is 0 Å². The second-order valence-corrected chi connectivity index (χ2v) is 5.38. The molecule has 0 aromatic heterocycles. The van der Waals surface area contributed by atoms with Gasteiger partial charge in [0.25, 0.3) is 0 Å². The van der Waals surface area contributed by atoms with E-state index in [4.69, 9.17) is 0 Å². The van der Waals surface area contributed by atoms with Crippen LogP contribution in [0.5, 0.6) is 0 Å². The number of nitrogens with zero attached hydrogens (tertiary/aromatic N) is 1. The van der Waals surface area contributed by atoms with Crippen LogP contribution in [-0.2, 0) is 11.2 Å². The average molecular weight is 244 g/mol. The lowest BCUT2D eigenvalue weighted by atomic mass is 10.00. The van der Waals surface area contributed by atoms with Crippen LogP contribution in [0, 0.1) is 0 Å². The molecule has 0 radical (unpaired) electrons. The first-order chi connectivity index (χ1) is 8.75. The molecule has 1 heterocycles. The summed E-state index contributed by atoms with van der Waals surface area (Å²) in [7, 11) is 0. The SMILES string of the molecule is C[C@@H](C(=O)NC1CC1)N1CCCc2ccccc21. The number of aryl methyl sites for hydroxylation is 1. The molecular formula is C15H20N2O. The fourth-order valence-electron chi connectivity index (χ4n) is 2.66. The van der Waals surface area contributed by atoms with E-state index < -0.39 is 0 Å². The molecule has 1 aromatic rings. The van der Waals surface area contributed by atoms with Gasteiger partial charge in [-0.3, -0.25) is 4.79 Å².